The van der Waals surface area contributed by atoms with Gasteiger partial charge in [-0.05, 0) is 62.1 Å². The zero-order valence-corrected chi connectivity index (χ0v) is 20.3. The predicted molar refractivity (Wildman–Crippen MR) is 135 cm³/mol. The van der Waals surface area contributed by atoms with Gasteiger partial charge in [-0.3, -0.25) is 14.4 Å². The molecule has 1 saturated carbocycles. The van der Waals surface area contributed by atoms with Gasteiger partial charge >= 0.3 is 0 Å². The lowest BCUT2D eigenvalue weighted by molar-refractivity contribution is -0.125. The quantitative estimate of drug-likeness (QED) is 0.369. The molecule has 1 unspecified atom stereocenters. The molecule has 3 heterocycles. The Labute approximate surface area is 213 Å². The van der Waals surface area contributed by atoms with Gasteiger partial charge in [-0.2, -0.15) is 5.10 Å². The van der Waals surface area contributed by atoms with Crippen LogP contribution in [0.2, 0.25) is 0 Å². The van der Waals surface area contributed by atoms with Crippen LogP contribution in [0.5, 0.6) is 0 Å². The number of piperidine rings is 1. The average molecular weight is 504 g/mol. The maximum absolute atomic E-state index is 12.7. The first-order valence-corrected chi connectivity index (χ1v) is 12.5. The first kappa shape index (κ1) is 24.3. The number of carbonyl (C=O) groups is 3. The van der Waals surface area contributed by atoms with Crippen LogP contribution in [0, 0.1) is 11.8 Å². The van der Waals surface area contributed by atoms with Crippen molar-refractivity contribution < 1.29 is 14.4 Å². The maximum atomic E-state index is 12.7. The number of benzene rings is 1. The molecule has 1 aromatic carbocycles. The largest absolute Gasteiger partial charge is 0.354 e. The Morgan fingerprint density at radius 2 is 1.62 bits per heavy atom. The molecule has 1 atom stereocenters. The van der Waals surface area contributed by atoms with Crippen LogP contribution in [0.1, 0.15) is 36.0 Å². The average Bonchev–Trinajstić information content (AvgIpc) is 3.65. The molecule has 5 rings (SSSR count). The van der Waals surface area contributed by atoms with Crippen molar-refractivity contribution >= 4 is 29.2 Å². The van der Waals surface area contributed by atoms with Gasteiger partial charge in [0.25, 0.3) is 5.91 Å². The Morgan fingerprint density at radius 3 is 2.32 bits per heavy atom. The molecule has 1 aliphatic carbocycles. The number of rotatable bonds is 9. The first-order valence-electron chi connectivity index (χ1n) is 12.5. The summed E-state index contributed by atoms with van der Waals surface area (Å²) in [7, 11) is 0. The third kappa shape index (κ3) is 6.26. The van der Waals surface area contributed by atoms with E-state index in [9.17, 15) is 14.4 Å². The molecular formula is C25H29N9O3. The van der Waals surface area contributed by atoms with Crippen LogP contribution in [0.15, 0.2) is 49.1 Å². The van der Waals surface area contributed by atoms with Crippen LogP contribution in [0.3, 0.4) is 0 Å². The number of nitrogens with one attached hydrogen (secondary N) is 3. The SMILES string of the molecule is O=C(NCCNC(=O)C1CCCN(c2ccc(-n3cncn3)nn2)C1)c1ccc(NC(=O)C2CC2)cc1. The van der Waals surface area contributed by atoms with Crippen LogP contribution in [-0.4, -0.2) is 68.9 Å². The lowest BCUT2D eigenvalue weighted by atomic mass is 9.97. The third-order valence-electron chi connectivity index (χ3n) is 6.48. The van der Waals surface area contributed by atoms with Crippen molar-refractivity contribution in [3.05, 3.63) is 54.6 Å². The summed E-state index contributed by atoms with van der Waals surface area (Å²) in [5.41, 5.74) is 1.17. The summed E-state index contributed by atoms with van der Waals surface area (Å²) in [5.74, 6) is 1.01. The van der Waals surface area contributed by atoms with E-state index in [1.54, 1.807) is 30.6 Å². The van der Waals surface area contributed by atoms with Crippen molar-refractivity contribution in [2.45, 2.75) is 25.7 Å². The molecule has 3 amide bonds. The predicted octanol–water partition coefficient (Wildman–Crippen LogP) is 1.17. The molecule has 12 heteroatoms. The van der Waals surface area contributed by atoms with Crippen LogP contribution in [0.25, 0.3) is 5.82 Å². The van der Waals surface area contributed by atoms with Crippen molar-refractivity contribution in [1.82, 2.24) is 35.6 Å². The number of aromatic nitrogens is 5. The Bertz CT molecular complexity index is 1230. The molecule has 3 aromatic rings. The van der Waals surface area contributed by atoms with Gasteiger partial charge in [0.05, 0.1) is 5.92 Å². The highest BCUT2D eigenvalue weighted by atomic mass is 16.2. The monoisotopic (exact) mass is 503 g/mol. The van der Waals surface area contributed by atoms with Crippen molar-refractivity contribution in [2.24, 2.45) is 11.8 Å². The minimum Gasteiger partial charge on any atom is -0.354 e. The second-order valence-electron chi connectivity index (χ2n) is 9.26. The molecule has 1 saturated heterocycles. The van der Waals surface area contributed by atoms with Gasteiger partial charge in [-0.15, -0.1) is 10.2 Å². The van der Waals surface area contributed by atoms with E-state index in [0.29, 0.717) is 42.5 Å². The summed E-state index contributed by atoms with van der Waals surface area (Å²) < 4.78 is 1.53. The zero-order chi connectivity index (χ0) is 25.6. The highest BCUT2D eigenvalue weighted by Gasteiger charge is 2.29. The number of amides is 3. The summed E-state index contributed by atoms with van der Waals surface area (Å²) in [4.78, 5) is 42.9. The molecule has 12 nitrogen and oxygen atoms in total. The van der Waals surface area contributed by atoms with Crippen LogP contribution in [0.4, 0.5) is 11.5 Å². The fourth-order valence-corrected chi connectivity index (χ4v) is 4.24. The van der Waals surface area contributed by atoms with E-state index in [1.807, 2.05) is 12.1 Å². The smallest absolute Gasteiger partial charge is 0.251 e. The van der Waals surface area contributed by atoms with E-state index in [-0.39, 0.29) is 29.6 Å². The summed E-state index contributed by atoms with van der Waals surface area (Å²) in [6.07, 6.45) is 6.54. The molecule has 0 bridgehead atoms. The molecule has 37 heavy (non-hydrogen) atoms. The number of nitrogens with zero attached hydrogens (tertiary/aromatic N) is 6. The van der Waals surface area contributed by atoms with Gasteiger partial charge in [-0.1, -0.05) is 0 Å². The van der Waals surface area contributed by atoms with E-state index in [2.05, 4.69) is 41.1 Å². The first-order chi connectivity index (χ1) is 18.1. The number of hydrogen-bond acceptors (Lipinski definition) is 8. The summed E-state index contributed by atoms with van der Waals surface area (Å²) >= 11 is 0. The lowest BCUT2D eigenvalue weighted by Crippen LogP contribution is -2.45. The standard InChI is InChI=1S/C25H29N9O3/c35-23(17-5-7-20(8-6-17)30-25(37)18-3-4-18)27-11-12-28-24(36)19-2-1-13-33(14-19)21-9-10-22(32-31-21)34-16-26-15-29-34/h5-10,15-16,18-19H,1-4,11-14H2,(H,27,35)(H,28,36)(H,30,37). The fraction of sp³-hybridized carbons (Fsp3) is 0.400. The summed E-state index contributed by atoms with van der Waals surface area (Å²) in [6, 6.07) is 10.5. The van der Waals surface area contributed by atoms with Gasteiger partial charge < -0.3 is 20.9 Å². The molecule has 2 aromatic heterocycles. The van der Waals surface area contributed by atoms with E-state index < -0.39 is 0 Å². The Kier molecular flexibility index (Phi) is 7.33. The van der Waals surface area contributed by atoms with Gasteiger partial charge in [-0.25, -0.2) is 9.67 Å². The Morgan fingerprint density at radius 1 is 0.865 bits per heavy atom. The van der Waals surface area contributed by atoms with E-state index in [1.165, 1.54) is 11.0 Å². The van der Waals surface area contributed by atoms with Crippen LogP contribution < -0.4 is 20.9 Å². The topological polar surface area (TPSA) is 147 Å². The lowest BCUT2D eigenvalue weighted by Gasteiger charge is -2.32. The minimum absolute atomic E-state index is 0.0306. The molecule has 192 valence electrons. The number of carbonyl (C=O) groups excluding carboxylic acids is 3. The summed E-state index contributed by atoms with van der Waals surface area (Å²) in [6.45, 7) is 2.01. The maximum Gasteiger partial charge on any atom is 0.251 e. The second-order valence-corrected chi connectivity index (χ2v) is 9.26. The molecular weight excluding hydrogens is 474 g/mol. The number of anilines is 2. The van der Waals surface area contributed by atoms with E-state index in [4.69, 9.17) is 0 Å². The van der Waals surface area contributed by atoms with Gasteiger partial charge in [0.2, 0.25) is 11.8 Å². The van der Waals surface area contributed by atoms with Crippen molar-refractivity contribution in [3.8, 4) is 5.82 Å². The van der Waals surface area contributed by atoms with Gasteiger partial charge in [0, 0.05) is 43.3 Å². The second kappa shape index (κ2) is 11.1. The van der Waals surface area contributed by atoms with Gasteiger partial charge in [0.15, 0.2) is 11.6 Å². The van der Waals surface area contributed by atoms with Gasteiger partial charge in [0.1, 0.15) is 12.7 Å². The third-order valence-corrected chi connectivity index (χ3v) is 6.48. The Balaban J connectivity index is 1.04. The van der Waals surface area contributed by atoms with Crippen LogP contribution in [-0.2, 0) is 9.59 Å². The van der Waals surface area contributed by atoms with E-state index >= 15 is 0 Å². The fourth-order valence-electron chi connectivity index (χ4n) is 4.24. The molecule has 0 spiro atoms. The normalized spacial score (nSPS) is 17.2. The van der Waals surface area contributed by atoms with Crippen molar-refractivity contribution in [1.29, 1.82) is 0 Å². The number of hydrogen-bond donors (Lipinski definition) is 3. The Hall–Kier alpha value is -4.35. The minimum atomic E-state index is -0.230. The molecule has 3 N–H and O–H groups in total. The highest BCUT2D eigenvalue weighted by molar-refractivity contribution is 5.96. The summed E-state index contributed by atoms with van der Waals surface area (Å²) in [5, 5.41) is 21.1. The molecule has 2 fully saturated rings. The van der Waals surface area contributed by atoms with Crippen molar-refractivity contribution in [2.75, 3.05) is 36.4 Å². The molecule has 0 radical (unpaired) electrons. The van der Waals surface area contributed by atoms with Crippen molar-refractivity contribution in [3.63, 3.8) is 0 Å². The zero-order valence-electron chi connectivity index (χ0n) is 20.3. The highest BCUT2D eigenvalue weighted by Crippen LogP contribution is 2.30. The molecule has 2 aliphatic rings. The molecule has 1 aliphatic heterocycles. The van der Waals surface area contributed by atoms with E-state index in [0.717, 1.165) is 32.2 Å². The van der Waals surface area contributed by atoms with Crippen LogP contribution >= 0.6 is 0 Å².